The highest BCUT2D eigenvalue weighted by atomic mass is 19.4. The third-order valence-electron chi connectivity index (χ3n) is 3.38. The number of hydrogen-bond donors (Lipinski definition) is 1. The van der Waals surface area contributed by atoms with Gasteiger partial charge < -0.3 is 19.3 Å². The summed E-state index contributed by atoms with van der Waals surface area (Å²) in [4.78, 5) is 16.9. The molecule has 0 saturated heterocycles. The second kappa shape index (κ2) is 8.03. The average Bonchev–Trinajstić information content (AvgIpc) is 2.60. The number of ether oxygens (including phenoxy) is 3. The molecule has 0 amide bonds. The molecular weight excluding hydrogens is 375 g/mol. The second-order valence-corrected chi connectivity index (χ2v) is 5.09. The van der Waals surface area contributed by atoms with Crippen LogP contribution in [0.3, 0.4) is 0 Å². The van der Waals surface area contributed by atoms with Gasteiger partial charge in [-0.15, -0.1) is 0 Å². The summed E-state index contributed by atoms with van der Waals surface area (Å²) in [7, 11) is 2.63. The van der Waals surface area contributed by atoms with Gasteiger partial charge in [0.05, 0.1) is 20.3 Å². The molecule has 1 heterocycles. The number of aromatic nitrogens is 2. The van der Waals surface area contributed by atoms with Crippen LogP contribution in [0, 0.1) is 10.1 Å². The van der Waals surface area contributed by atoms with E-state index in [1.807, 2.05) is 0 Å². The fourth-order valence-corrected chi connectivity index (χ4v) is 2.14. The lowest BCUT2D eigenvalue weighted by atomic mass is 10.0. The summed E-state index contributed by atoms with van der Waals surface area (Å²) < 4.78 is 54.1. The van der Waals surface area contributed by atoms with Gasteiger partial charge in [0.25, 0.3) is 0 Å². The minimum absolute atomic E-state index is 0.0494. The van der Waals surface area contributed by atoms with Crippen LogP contribution in [0.1, 0.15) is 11.7 Å². The predicted octanol–water partition coefficient (Wildman–Crippen LogP) is 2.53. The van der Waals surface area contributed by atoms with Gasteiger partial charge in [-0.2, -0.15) is 23.1 Å². The number of para-hydroxylation sites is 1. The molecule has 0 saturated carbocycles. The summed E-state index contributed by atoms with van der Waals surface area (Å²) in [6, 6.07) is 2.73. The standard InChI is InChI=1S/C15H14F3N3O6/c1-25-10-7-11(26-2)20-14(19-10)27-9-6-4-3-5-8(9)12(22)13(21(23)24)15(16,17)18/h3-7,12-13,22H,1-2H3. The molecule has 0 aliphatic carbocycles. The molecule has 0 aliphatic heterocycles. The topological polar surface area (TPSA) is 117 Å². The van der Waals surface area contributed by atoms with Crippen LogP contribution in [0.25, 0.3) is 0 Å². The molecule has 1 aromatic heterocycles. The minimum atomic E-state index is -5.27. The van der Waals surface area contributed by atoms with Crippen LogP contribution >= 0.6 is 0 Å². The first-order valence-electron chi connectivity index (χ1n) is 7.29. The molecule has 12 heteroatoms. The van der Waals surface area contributed by atoms with Crippen LogP contribution in [0.15, 0.2) is 30.3 Å². The number of benzene rings is 1. The highest BCUT2D eigenvalue weighted by molar-refractivity contribution is 5.38. The number of aliphatic hydroxyl groups excluding tert-OH is 1. The van der Waals surface area contributed by atoms with Gasteiger partial charge in [0.15, 0.2) is 6.10 Å². The summed E-state index contributed by atoms with van der Waals surface area (Å²) in [6.45, 7) is 0. The molecular formula is C15H14F3N3O6. The van der Waals surface area contributed by atoms with Gasteiger partial charge in [0, 0.05) is 10.5 Å². The van der Waals surface area contributed by atoms with Crippen LogP contribution in [0.2, 0.25) is 0 Å². The molecule has 1 aromatic carbocycles. The number of rotatable bonds is 7. The quantitative estimate of drug-likeness (QED) is 0.567. The zero-order valence-electron chi connectivity index (χ0n) is 14.0. The Bertz CT molecular complexity index is 795. The highest BCUT2D eigenvalue weighted by Crippen LogP contribution is 2.37. The number of nitrogens with zero attached hydrogens (tertiary/aromatic N) is 3. The van der Waals surface area contributed by atoms with Crippen molar-refractivity contribution < 1.29 is 37.4 Å². The molecule has 0 aliphatic rings. The lowest BCUT2D eigenvalue weighted by molar-refractivity contribution is -0.575. The number of aliphatic hydroxyl groups is 1. The van der Waals surface area contributed by atoms with E-state index in [2.05, 4.69) is 9.97 Å². The summed E-state index contributed by atoms with van der Waals surface area (Å²) in [5.41, 5.74) is -0.457. The number of methoxy groups -OCH3 is 2. The molecule has 9 nitrogen and oxygen atoms in total. The van der Waals surface area contributed by atoms with Crippen LogP contribution in [0.5, 0.6) is 23.5 Å². The molecule has 1 N–H and O–H groups in total. The van der Waals surface area contributed by atoms with Crippen molar-refractivity contribution in [2.75, 3.05) is 14.2 Å². The Hall–Kier alpha value is -3.15. The van der Waals surface area contributed by atoms with Gasteiger partial charge in [-0.05, 0) is 6.07 Å². The second-order valence-electron chi connectivity index (χ2n) is 5.09. The molecule has 146 valence electrons. The average molecular weight is 389 g/mol. The Kier molecular flexibility index (Phi) is 6.00. The van der Waals surface area contributed by atoms with E-state index < -0.39 is 28.8 Å². The van der Waals surface area contributed by atoms with E-state index in [1.54, 1.807) is 0 Å². The maximum Gasteiger partial charge on any atom is 0.460 e. The number of alkyl halides is 3. The molecule has 0 fully saturated rings. The van der Waals surface area contributed by atoms with Crippen molar-refractivity contribution in [1.82, 2.24) is 9.97 Å². The van der Waals surface area contributed by atoms with Gasteiger partial charge in [0.2, 0.25) is 11.8 Å². The number of nitro groups is 1. The van der Waals surface area contributed by atoms with Crippen molar-refractivity contribution in [3.63, 3.8) is 0 Å². The zero-order valence-corrected chi connectivity index (χ0v) is 14.0. The number of hydrogen-bond acceptors (Lipinski definition) is 8. The van der Waals surface area contributed by atoms with Crippen molar-refractivity contribution in [1.29, 1.82) is 0 Å². The highest BCUT2D eigenvalue weighted by Gasteiger charge is 2.55. The van der Waals surface area contributed by atoms with E-state index in [0.29, 0.717) is 0 Å². The Morgan fingerprint density at radius 1 is 1.15 bits per heavy atom. The van der Waals surface area contributed by atoms with E-state index in [-0.39, 0.29) is 23.5 Å². The van der Waals surface area contributed by atoms with Crippen molar-refractivity contribution in [2.24, 2.45) is 0 Å². The van der Waals surface area contributed by atoms with E-state index in [1.165, 1.54) is 38.5 Å². The third kappa shape index (κ3) is 4.73. The lowest BCUT2D eigenvalue weighted by Crippen LogP contribution is -2.41. The number of halogens is 3. The van der Waals surface area contributed by atoms with Crippen molar-refractivity contribution >= 4 is 0 Å². The van der Waals surface area contributed by atoms with E-state index >= 15 is 0 Å². The van der Waals surface area contributed by atoms with Crippen LogP contribution in [-0.4, -0.2) is 46.4 Å². The fourth-order valence-electron chi connectivity index (χ4n) is 2.14. The van der Waals surface area contributed by atoms with Crippen molar-refractivity contribution in [3.8, 4) is 23.5 Å². The maximum absolute atomic E-state index is 13.0. The van der Waals surface area contributed by atoms with Gasteiger partial charge in [-0.1, -0.05) is 18.2 Å². The van der Waals surface area contributed by atoms with Crippen LogP contribution in [-0.2, 0) is 0 Å². The molecule has 2 rings (SSSR count). The molecule has 27 heavy (non-hydrogen) atoms. The lowest BCUT2D eigenvalue weighted by Gasteiger charge is -2.20. The minimum Gasteiger partial charge on any atom is -0.481 e. The third-order valence-corrected chi connectivity index (χ3v) is 3.38. The van der Waals surface area contributed by atoms with Gasteiger partial charge in [0.1, 0.15) is 5.75 Å². The summed E-state index contributed by atoms with van der Waals surface area (Å²) in [5.74, 6) is -0.196. The van der Waals surface area contributed by atoms with Crippen LogP contribution < -0.4 is 14.2 Å². The SMILES string of the molecule is COc1cc(OC)nc(Oc2ccccc2C(O)C([N+](=O)[O-])C(F)(F)F)n1. The Morgan fingerprint density at radius 2 is 1.70 bits per heavy atom. The van der Waals surface area contributed by atoms with Gasteiger partial charge >= 0.3 is 18.2 Å². The van der Waals surface area contributed by atoms with Crippen molar-refractivity contribution in [2.45, 2.75) is 18.3 Å². The van der Waals surface area contributed by atoms with Gasteiger partial charge in [-0.25, -0.2) is 0 Å². The van der Waals surface area contributed by atoms with E-state index in [4.69, 9.17) is 14.2 Å². The maximum atomic E-state index is 13.0. The first-order valence-corrected chi connectivity index (χ1v) is 7.29. The first kappa shape index (κ1) is 20.2. The Morgan fingerprint density at radius 3 is 2.19 bits per heavy atom. The van der Waals surface area contributed by atoms with Crippen molar-refractivity contribution in [3.05, 3.63) is 46.0 Å². The Labute approximate surface area is 150 Å². The molecule has 2 unspecified atom stereocenters. The predicted molar refractivity (Wildman–Crippen MR) is 83.4 cm³/mol. The summed E-state index contributed by atoms with van der Waals surface area (Å²) in [6.07, 6.45) is -7.78. The van der Waals surface area contributed by atoms with E-state index in [9.17, 15) is 28.4 Å². The Balaban J connectivity index is 2.43. The first-order chi connectivity index (χ1) is 12.7. The zero-order chi connectivity index (χ0) is 20.2. The molecule has 0 spiro atoms. The molecule has 0 radical (unpaired) electrons. The summed E-state index contributed by atoms with van der Waals surface area (Å²) in [5, 5.41) is 20.8. The largest absolute Gasteiger partial charge is 0.481 e. The van der Waals surface area contributed by atoms with Crippen LogP contribution in [0.4, 0.5) is 13.2 Å². The molecule has 2 atom stereocenters. The smallest absolute Gasteiger partial charge is 0.460 e. The molecule has 2 aromatic rings. The summed E-state index contributed by atoms with van der Waals surface area (Å²) >= 11 is 0. The normalized spacial score (nSPS) is 13.6. The monoisotopic (exact) mass is 389 g/mol. The molecule has 0 bridgehead atoms. The van der Waals surface area contributed by atoms with E-state index in [0.717, 1.165) is 6.07 Å². The fraction of sp³-hybridized carbons (Fsp3) is 0.333. The van der Waals surface area contributed by atoms with Gasteiger partial charge in [-0.3, -0.25) is 10.1 Å².